The molecule has 72 valence electrons. The highest BCUT2D eigenvalue weighted by Crippen LogP contribution is 2.26. The molecule has 0 amide bonds. The van der Waals surface area contributed by atoms with Gasteiger partial charge in [-0.25, -0.2) is 9.97 Å². The first-order chi connectivity index (χ1) is 6.75. The first-order valence-corrected chi connectivity index (χ1v) is 5.57. The van der Waals surface area contributed by atoms with Crippen LogP contribution in [0.2, 0.25) is 0 Å². The third kappa shape index (κ3) is 2.16. The molecule has 0 N–H and O–H groups in total. The van der Waals surface area contributed by atoms with Crippen LogP contribution < -0.4 is 0 Å². The van der Waals surface area contributed by atoms with Gasteiger partial charge in [-0.2, -0.15) is 0 Å². The summed E-state index contributed by atoms with van der Waals surface area (Å²) in [6.45, 7) is 1.95. The molecule has 2 heterocycles. The smallest absolute Gasteiger partial charge is 0.261 e. The lowest BCUT2D eigenvalue weighted by atomic mass is 10.4. The Kier molecular flexibility index (Phi) is 2.88. The maximum atomic E-state index is 5.11. The molecule has 14 heavy (non-hydrogen) atoms. The fraction of sp³-hybridized carbons (Fsp3) is 0.111. The molecular weight excluding hydrogens is 264 g/mol. The summed E-state index contributed by atoms with van der Waals surface area (Å²) in [7, 11) is 0. The van der Waals surface area contributed by atoms with E-state index in [1.807, 2.05) is 19.1 Å². The van der Waals surface area contributed by atoms with Crippen LogP contribution in [0, 0.1) is 6.92 Å². The van der Waals surface area contributed by atoms with E-state index < -0.39 is 0 Å². The second-order valence-electron chi connectivity index (χ2n) is 2.62. The Bertz CT molecular complexity index is 430. The molecule has 3 nitrogen and oxygen atoms in total. The van der Waals surface area contributed by atoms with Gasteiger partial charge in [0.15, 0.2) is 0 Å². The van der Waals surface area contributed by atoms with Crippen LogP contribution in [-0.4, -0.2) is 9.97 Å². The Balaban J connectivity index is 2.22. The molecule has 0 aliphatic rings. The van der Waals surface area contributed by atoms with Crippen LogP contribution in [0.25, 0.3) is 0 Å². The van der Waals surface area contributed by atoms with Crippen molar-refractivity contribution in [3.8, 4) is 0 Å². The molecule has 0 atom stereocenters. The van der Waals surface area contributed by atoms with Crippen LogP contribution in [0.5, 0.6) is 0 Å². The van der Waals surface area contributed by atoms with Gasteiger partial charge in [0.1, 0.15) is 11.3 Å². The average Bonchev–Trinajstić information content (AvgIpc) is 2.64. The van der Waals surface area contributed by atoms with Crippen molar-refractivity contribution < 1.29 is 4.42 Å². The number of hydrogen-bond acceptors (Lipinski definition) is 4. The number of aryl methyl sites for hydroxylation is 1. The molecule has 2 aromatic heterocycles. The van der Waals surface area contributed by atoms with Crippen molar-refractivity contribution in [1.82, 2.24) is 9.97 Å². The Morgan fingerprint density at radius 1 is 1.43 bits per heavy atom. The molecule has 2 rings (SSSR count). The molecule has 0 saturated carbocycles. The number of rotatable bonds is 2. The van der Waals surface area contributed by atoms with Crippen molar-refractivity contribution in [2.24, 2.45) is 0 Å². The van der Waals surface area contributed by atoms with Crippen molar-refractivity contribution in [3.05, 3.63) is 34.8 Å². The van der Waals surface area contributed by atoms with Gasteiger partial charge in [0.25, 0.3) is 5.22 Å². The summed E-state index contributed by atoms with van der Waals surface area (Å²) in [5.74, 6) is 0. The van der Waals surface area contributed by atoms with E-state index in [4.69, 9.17) is 4.42 Å². The van der Waals surface area contributed by atoms with Crippen LogP contribution in [0.3, 0.4) is 0 Å². The Hall–Kier alpha value is -0.810. The zero-order chi connectivity index (χ0) is 9.97. The molecule has 0 fully saturated rings. The lowest BCUT2D eigenvalue weighted by Gasteiger charge is -1.99. The number of halogens is 1. The molecule has 0 unspecified atom stereocenters. The minimum atomic E-state index is 0.610. The van der Waals surface area contributed by atoms with E-state index >= 15 is 0 Å². The normalized spacial score (nSPS) is 10.4. The summed E-state index contributed by atoms with van der Waals surface area (Å²) >= 11 is 4.80. The second kappa shape index (κ2) is 4.14. The van der Waals surface area contributed by atoms with Gasteiger partial charge in [0.2, 0.25) is 0 Å². The molecule has 0 aliphatic heterocycles. The maximum absolute atomic E-state index is 5.11. The summed E-state index contributed by atoms with van der Waals surface area (Å²) in [4.78, 5) is 8.37. The monoisotopic (exact) mass is 270 g/mol. The zero-order valence-corrected chi connectivity index (χ0v) is 9.80. The molecule has 0 bridgehead atoms. The SMILES string of the molecule is Cc1nc(Sc2ncco2)ccc1Br. The summed E-state index contributed by atoms with van der Waals surface area (Å²) in [5, 5.41) is 1.49. The van der Waals surface area contributed by atoms with Gasteiger partial charge < -0.3 is 4.42 Å². The van der Waals surface area contributed by atoms with Crippen molar-refractivity contribution in [1.29, 1.82) is 0 Å². The van der Waals surface area contributed by atoms with Crippen molar-refractivity contribution in [3.63, 3.8) is 0 Å². The van der Waals surface area contributed by atoms with Crippen molar-refractivity contribution in [2.75, 3.05) is 0 Å². The zero-order valence-electron chi connectivity index (χ0n) is 7.40. The topological polar surface area (TPSA) is 38.9 Å². The van der Waals surface area contributed by atoms with Crippen LogP contribution in [0.4, 0.5) is 0 Å². The van der Waals surface area contributed by atoms with E-state index in [0.29, 0.717) is 5.22 Å². The first kappa shape index (κ1) is 9.73. The Morgan fingerprint density at radius 2 is 2.29 bits per heavy atom. The van der Waals surface area contributed by atoms with Gasteiger partial charge >= 0.3 is 0 Å². The molecule has 0 radical (unpaired) electrons. The molecule has 0 saturated heterocycles. The summed E-state index contributed by atoms with van der Waals surface area (Å²) in [6, 6.07) is 3.89. The van der Waals surface area contributed by atoms with Crippen LogP contribution in [0.1, 0.15) is 5.69 Å². The quantitative estimate of drug-likeness (QED) is 0.840. The molecule has 0 aliphatic carbocycles. The van der Waals surface area contributed by atoms with Gasteiger partial charge in [0.05, 0.1) is 11.9 Å². The van der Waals surface area contributed by atoms with E-state index in [1.54, 1.807) is 12.5 Å². The Morgan fingerprint density at radius 3 is 2.93 bits per heavy atom. The van der Waals surface area contributed by atoms with E-state index in [9.17, 15) is 0 Å². The average molecular weight is 271 g/mol. The lowest BCUT2D eigenvalue weighted by Crippen LogP contribution is -1.85. The minimum absolute atomic E-state index is 0.610. The number of hydrogen-bond donors (Lipinski definition) is 0. The third-order valence-corrected chi connectivity index (χ3v) is 3.25. The van der Waals surface area contributed by atoms with Crippen molar-refractivity contribution in [2.45, 2.75) is 17.2 Å². The van der Waals surface area contributed by atoms with E-state index in [2.05, 4.69) is 25.9 Å². The van der Waals surface area contributed by atoms with Crippen LogP contribution in [-0.2, 0) is 0 Å². The van der Waals surface area contributed by atoms with Gasteiger partial charge in [-0.1, -0.05) is 0 Å². The Labute approximate surface area is 94.1 Å². The number of oxazole rings is 1. The highest BCUT2D eigenvalue weighted by molar-refractivity contribution is 9.10. The third-order valence-electron chi connectivity index (χ3n) is 1.60. The fourth-order valence-electron chi connectivity index (χ4n) is 0.928. The van der Waals surface area contributed by atoms with E-state index in [0.717, 1.165) is 15.2 Å². The molecule has 0 aromatic carbocycles. The maximum Gasteiger partial charge on any atom is 0.261 e. The predicted molar refractivity (Wildman–Crippen MR) is 57.3 cm³/mol. The van der Waals surface area contributed by atoms with Gasteiger partial charge in [0, 0.05) is 4.47 Å². The summed E-state index contributed by atoms with van der Waals surface area (Å²) in [6.07, 6.45) is 3.17. The first-order valence-electron chi connectivity index (χ1n) is 3.96. The molecule has 0 spiro atoms. The van der Waals surface area contributed by atoms with E-state index in [-0.39, 0.29) is 0 Å². The minimum Gasteiger partial charge on any atom is -0.440 e. The fourth-order valence-corrected chi connectivity index (χ4v) is 1.86. The standard InChI is InChI=1S/C9H7BrN2OS/c1-6-7(10)2-3-8(12-6)14-9-11-4-5-13-9/h2-5H,1H3. The predicted octanol–water partition coefficient (Wildman–Crippen LogP) is 3.29. The highest BCUT2D eigenvalue weighted by Gasteiger charge is 2.04. The number of nitrogens with zero attached hydrogens (tertiary/aromatic N) is 2. The molecule has 2 aromatic rings. The lowest BCUT2D eigenvalue weighted by molar-refractivity contribution is 0.454. The molecule has 5 heteroatoms. The highest BCUT2D eigenvalue weighted by atomic mass is 79.9. The second-order valence-corrected chi connectivity index (χ2v) is 4.44. The van der Waals surface area contributed by atoms with Gasteiger partial charge in [-0.05, 0) is 46.7 Å². The van der Waals surface area contributed by atoms with Gasteiger partial charge in [-0.15, -0.1) is 0 Å². The molecular formula is C9H7BrN2OS. The van der Waals surface area contributed by atoms with Crippen LogP contribution >= 0.6 is 27.7 Å². The van der Waals surface area contributed by atoms with Crippen molar-refractivity contribution >= 4 is 27.7 Å². The summed E-state index contributed by atoms with van der Waals surface area (Å²) < 4.78 is 6.12. The van der Waals surface area contributed by atoms with Gasteiger partial charge in [-0.3, -0.25) is 0 Å². The summed E-state index contributed by atoms with van der Waals surface area (Å²) in [5.41, 5.74) is 0.960. The largest absolute Gasteiger partial charge is 0.440 e. The number of aromatic nitrogens is 2. The number of pyridine rings is 1. The van der Waals surface area contributed by atoms with E-state index in [1.165, 1.54) is 11.8 Å². The van der Waals surface area contributed by atoms with Crippen LogP contribution in [0.15, 0.2) is 43.7 Å².